The summed E-state index contributed by atoms with van der Waals surface area (Å²) in [7, 11) is -3.14. The third-order valence-electron chi connectivity index (χ3n) is 3.85. The number of aromatic nitrogens is 2. The standard InChI is InChI=1S/C12H16N4O2S/c1-10-6-14-16(7-10)12(4-5-13)8-15(9-12)19(17,18)11-2-3-11/h6-7,11H,2-4,8-9H2,1H3. The van der Waals surface area contributed by atoms with Crippen LogP contribution in [0.25, 0.3) is 0 Å². The first-order valence-electron chi connectivity index (χ1n) is 6.36. The van der Waals surface area contributed by atoms with Gasteiger partial charge in [0, 0.05) is 19.3 Å². The Morgan fingerprint density at radius 2 is 2.21 bits per heavy atom. The summed E-state index contributed by atoms with van der Waals surface area (Å²) in [6.07, 6.45) is 5.43. The van der Waals surface area contributed by atoms with Gasteiger partial charge in [-0.3, -0.25) is 4.68 Å². The van der Waals surface area contributed by atoms with Crippen LogP contribution >= 0.6 is 0 Å². The number of nitrogens with zero attached hydrogens (tertiary/aromatic N) is 4. The van der Waals surface area contributed by atoms with Crippen molar-refractivity contribution in [2.75, 3.05) is 13.1 Å². The van der Waals surface area contributed by atoms with E-state index in [2.05, 4.69) is 11.2 Å². The summed E-state index contributed by atoms with van der Waals surface area (Å²) < 4.78 is 27.5. The quantitative estimate of drug-likeness (QED) is 0.809. The smallest absolute Gasteiger partial charge is 0.217 e. The molecule has 6 nitrogen and oxygen atoms in total. The van der Waals surface area contributed by atoms with Gasteiger partial charge in [0.1, 0.15) is 5.54 Å². The number of nitriles is 1. The van der Waals surface area contributed by atoms with Gasteiger partial charge >= 0.3 is 0 Å². The summed E-state index contributed by atoms with van der Waals surface area (Å²) >= 11 is 0. The molecule has 0 unspecified atom stereocenters. The van der Waals surface area contributed by atoms with E-state index in [4.69, 9.17) is 5.26 Å². The number of sulfonamides is 1. The minimum Gasteiger partial charge on any atom is -0.263 e. The molecular weight excluding hydrogens is 264 g/mol. The summed E-state index contributed by atoms with van der Waals surface area (Å²) in [6.45, 7) is 2.65. The van der Waals surface area contributed by atoms with Crippen molar-refractivity contribution in [2.24, 2.45) is 0 Å². The average molecular weight is 280 g/mol. The van der Waals surface area contributed by atoms with Crippen molar-refractivity contribution < 1.29 is 8.42 Å². The highest BCUT2D eigenvalue weighted by Gasteiger charge is 2.53. The Bertz CT molecular complexity index is 633. The highest BCUT2D eigenvalue weighted by molar-refractivity contribution is 7.90. The van der Waals surface area contributed by atoms with Crippen molar-refractivity contribution in [1.29, 1.82) is 5.26 Å². The summed E-state index contributed by atoms with van der Waals surface area (Å²) in [5.41, 5.74) is 0.533. The molecule has 1 saturated carbocycles. The van der Waals surface area contributed by atoms with Crippen LogP contribution in [0.1, 0.15) is 24.8 Å². The summed E-state index contributed by atoms with van der Waals surface area (Å²) in [6, 6.07) is 2.15. The molecule has 0 N–H and O–H groups in total. The minimum atomic E-state index is -3.14. The molecule has 2 fully saturated rings. The van der Waals surface area contributed by atoms with Crippen LogP contribution < -0.4 is 0 Å². The normalized spacial score (nSPS) is 22.7. The fraction of sp³-hybridized carbons (Fsp3) is 0.667. The minimum absolute atomic E-state index is 0.188. The SMILES string of the molecule is Cc1cnn(C2(CC#N)CN(S(=O)(=O)C3CC3)C2)c1. The summed E-state index contributed by atoms with van der Waals surface area (Å²) in [5, 5.41) is 13.0. The van der Waals surface area contributed by atoms with Crippen LogP contribution in [0.4, 0.5) is 0 Å². The second-order valence-electron chi connectivity index (χ2n) is 5.53. The maximum Gasteiger partial charge on any atom is 0.217 e. The molecule has 0 atom stereocenters. The first kappa shape index (κ1) is 12.6. The lowest BCUT2D eigenvalue weighted by Gasteiger charge is -2.48. The zero-order valence-electron chi connectivity index (χ0n) is 10.8. The van der Waals surface area contributed by atoms with E-state index in [0.717, 1.165) is 18.4 Å². The monoisotopic (exact) mass is 280 g/mol. The molecule has 0 amide bonds. The van der Waals surface area contributed by atoms with E-state index in [1.165, 1.54) is 4.31 Å². The topological polar surface area (TPSA) is 79.0 Å². The lowest BCUT2D eigenvalue weighted by Crippen LogP contribution is -2.64. The predicted octanol–water partition coefficient (Wildman–Crippen LogP) is 0.608. The molecule has 0 spiro atoms. The van der Waals surface area contributed by atoms with E-state index < -0.39 is 15.6 Å². The van der Waals surface area contributed by atoms with Gasteiger partial charge in [-0.25, -0.2) is 8.42 Å². The lowest BCUT2D eigenvalue weighted by atomic mass is 9.89. The Hall–Kier alpha value is -1.39. The molecule has 102 valence electrons. The van der Waals surface area contributed by atoms with Crippen molar-refractivity contribution in [3.63, 3.8) is 0 Å². The van der Waals surface area contributed by atoms with Gasteiger partial charge in [-0.15, -0.1) is 0 Å². The average Bonchev–Trinajstić information content (AvgIpc) is 3.07. The van der Waals surface area contributed by atoms with Gasteiger partial charge in [0.2, 0.25) is 10.0 Å². The zero-order valence-corrected chi connectivity index (χ0v) is 11.6. The van der Waals surface area contributed by atoms with Crippen LogP contribution in [0.2, 0.25) is 0 Å². The molecular formula is C12H16N4O2S. The van der Waals surface area contributed by atoms with E-state index in [-0.39, 0.29) is 11.7 Å². The second-order valence-corrected chi connectivity index (χ2v) is 7.75. The maximum absolute atomic E-state index is 12.1. The van der Waals surface area contributed by atoms with Crippen molar-refractivity contribution >= 4 is 10.0 Å². The van der Waals surface area contributed by atoms with Crippen LogP contribution in [0, 0.1) is 18.3 Å². The van der Waals surface area contributed by atoms with Gasteiger partial charge in [-0.05, 0) is 25.3 Å². The molecule has 1 aromatic rings. The van der Waals surface area contributed by atoms with E-state index in [1.807, 2.05) is 13.1 Å². The molecule has 1 saturated heterocycles. The molecule has 2 aliphatic rings. The Morgan fingerprint density at radius 1 is 1.53 bits per heavy atom. The fourth-order valence-corrected chi connectivity index (χ4v) is 4.52. The predicted molar refractivity (Wildman–Crippen MR) is 68.7 cm³/mol. The van der Waals surface area contributed by atoms with Crippen LogP contribution in [0.5, 0.6) is 0 Å². The fourth-order valence-electron chi connectivity index (χ4n) is 2.52. The van der Waals surface area contributed by atoms with Crippen LogP contribution in [-0.2, 0) is 15.6 Å². The number of hydrogen-bond acceptors (Lipinski definition) is 4. The van der Waals surface area contributed by atoms with Crippen molar-refractivity contribution in [1.82, 2.24) is 14.1 Å². The molecule has 0 radical (unpaired) electrons. The van der Waals surface area contributed by atoms with Gasteiger partial charge < -0.3 is 0 Å². The van der Waals surface area contributed by atoms with Gasteiger partial charge in [0.05, 0.1) is 23.9 Å². The summed E-state index contributed by atoms with van der Waals surface area (Å²) in [5.74, 6) is 0. The molecule has 0 bridgehead atoms. The van der Waals surface area contributed by atoms with Crippen LogP contribution in [-0.4, -0.2) is 40.8 Å². The molecule has 7 heteroatoms. The second kappa shape index (κ2) is 4.05. The largest absolute Gasteiger partial charge is 0.263 e. The highest BCUT2D eigenvalue weighted by Crippen LogP contribution is 2.39. The third kappa shape index (κ3) is 1.95. The van der Waals surface area contributed by atoms with E-state index >= 15 is 0 Å². The maximum atomic E-state index is 12.1. The van der Waals surface area contributed by atoms with Crippen LogP contribution in [0.15, 0.2) is 12.4 Å². The Balaban J connectivity index is 1.82. The lowest BCUT2D eigenvalue weighted by molar-refractivity contribution is 0.0715. The van der Waals surface area contributed by atoms with E-state index in [1.54, 1.807) is 10.9 Å². The highest BCUT2D eigenvalue weighted by atomic mass is 32.2. The molecule has 0 aromatic carbocycles. The Labute approximate surface area is 112 Å². The summed E-state index contributed by atoms with van der Waals surface area (Å²) in [4.78, 5) is 0. The number of hydrogen-bond donors (Lipinski definition) is 0. The number of rotatable bonds is 4. The van der Waals surface area contributed by atoms with Gasteiger partial charge in [-0.1, -0.05) is 0 Å². The van der Waals surface area contributed by atoms with Crippen molar-refractivity contribution in [2.45, 2.75) is 37.0 Å². The van der Waals surface area contributed by atoms with Gasteiger partial charge in [0.15, 0.2) is 0 Å². The molecule has 1 aliphatic heterocycles. The van der Waals surface area contributed by atoms with Crippen LogP contribution in [0.3, 0.4) is 0 Å². The van der Waals surface area contributed by atoms with Gasteiger partial charge in [-0.2, -0.15) is 14.7 Å². The first-order chi connectivity index (χ1) is 8.98. The molecule has 1 aromatic heterocycles. The molecule has 1 aliphatic carbocycles. The zero-order chi connectivity index (χ0) is 13.7. The Kier molecular flexibility index (Phi) is 2.69. The van der Waals surface area contributed by atoms with Gasteiger partial charge in [0.25, 0.3) is 0 Å². The molecule has 3 rings (SSSR count). The first-order valence-corrected chi connectivity index (χ1v) is 7.86. The van der Waals surface area contributed by atoms with E-state index in [0.29, 0.717) is 13.1 Å². The van der Waals surface area contributed by atoms with Crippen molar-refractivity contribution in [3.8, 4) is 6.07 Å². The Morgan fingerprint density at radius 3 is 2.68 bits per heavy atom. The van der Waals surface area contributed by atoms with Crippen molar-refractivity contribution in [3.05, 3.63) is 18.0 Å². The molecule has 19 heavy (non-hydrogen) atoms. The third-order valence-corrected chi connectivity index (χ3v) is 6.14. The molecule has 2 heterocycles. The number of aryl methyl sites for hydroxylation is 1. The van der Waals surface area contributed by atoms with E-state index in [9.17, 15) is 8.42 Å².